The van der Waals surface area contributed by atoms with E-state index in [-0.39, 0.29) is 0 Å². The molecule has 0 aromatic heterocycles. The summed E-state index contributed by atoms with van der Waals surface area (Å²) in [5.74, 6) is 0.784. The normalized spacial score (nSPS) is 9.80. The topological polar surface area (TPSA) is 26.0 Å². The summed E-state index contributed by atoms with van der Waals surface area (Å²) in [7, 11) is 0. The Hall–Kier alpha value is -0.630. The number of rotatable bonds is 1. The Morgan fingerprint density at radius 2 is 2.20 bits per heavy atom. The van der Waals surface area contributed by atoms with Crippen LogP contribution in [0.1, 0.15) is 11.1 Å². The van der Waals surface area contributed by atoms with Crippen molar-refractivity contribution in [1.82, 2.24) is 0 Å². The maximum absolute atomic E-state index is 5.56. The minimum Gasteiger partial charge on any atom is -0.399 e. The lowest BCUT2D eigenvalue weighted by Gasteiger charge is -2.01. The van der Waals surface area contributed by atoms with E-state index < -0.39 is 0 Å². The van der Waals surface area contributed by atoms with Crippen molar-refractivity contribution in [3.8, 4) is 0 Å². The van der Waals surface area contributed by atoms with E-state index in [9.17, 15) is 0 Å². The highest BCUT2D eigenvalue weighted by molar-refractivity contribution is 7.79. The smallest absolute Gasteiger partial charge is 0.0316 e. The predicted molar refractivity (Wildman–Crippen MR) is 48.3 cm³/mol. The highest BCUT2D eigenvalue weighted by Crippen LogP contribution is 2.13. The molecule has 2 N–H and O–H groups in total. The summed E-state index contributed by atoms with van der Waals surface area (Å²) >= 11 is 4.17. The van der Waals surface area contributed by atoms with Crippen LogP contribution in [0.4, 0.5) is 5.69 Å². The molecule has 0 unspecified atom stereocenters. The summed E-state index contributed by atoms with van der Waals surface area (Å²) in [6.07, 6.45) is 0. The van der Waals surface area contributed by atoms with Gasteiger partial charge in [-0.05, 0) is 30.2 Å². The first-order chi connectivity index (χ1) is 4.74. The fraction of sp³-hybridized carbons (Fsp3) is 0.250. The van der Waals surface area contributed by atoms with Crippen LogP contribution in [0.3, 0.4) is 0 Å². The molecule has 1 nitrogen and oxygen atoms in total. The van der Waals surface area contributed by atoms with Crippen molar-refractivity contribution >= 4 is 18.3 Å². The lowest BCUT2D eigenvalue weighted by atomic mass is 10.1. The van der Waals surface area contributed by atoms with Gasteiger partial charge in [0.2, 0.25) is 0 Å². The van der Waals surface area contributed by atoms with Crippen LogP contribution in [-0.2, 0) is 5.75 Å². The average molecular weight is 153 g/mol. The van der Waals surface area contributed by atoms with Gasteiger partial charge in [-0.1, -0.05) is 6.07 Å². The van der Waals surface area contributed by atoms with Gasteiger partial charge in [0.15, 0.2) is 0 Å². The van der Waals surface area contributed by atoms with Gasteiger partial charge in [0.05, 0.1) is 0 Å². The predicted octanol–water partition coefficient (Wildman–Crippen LogP) is 2.01. The molecule has 0 saturated heterocycles. The molecule has 2 heteroatoms. The van der Waals surface area contributed by atoms with Crippen molar-refractivity contribution < 1.29 is 0 Å². The van der Waals surface area contributed by atoms with Crippen molar-refractivity contribution in [2.75, 3.05) is 5.73 Å². The van der Waals surface area contributed by atoms with Crippen LogP contribution >= 0.6 is 12.6 Å². The average Bonchev–Trinajstić information content (AvgIpc) is 1.88. The first kappa shape index (κ1) is 7.48. The van der Waals surface area contributed by atoms with E-state index in [0.29, 0.717) is 0 Å². The molecule has 54 valence electrons. The number of anilines is 1. The Morgan fingerprint density at radius 1 is 1.50 bits per heavy atom. The van der Waals surface area contributed by atoms with Crippen LogP contribution in [-0.4, -0.2) is 0 Å². The molecular weight excluding hydrogens is 142 g/mol. The quantitative estimate of drug-likeness (QED) is 0.468. The van der Waals surface area contributed by atoms with Crippen molar-refractivity contribution in [1.29, 1.82) is 0 Å². The molecule has 0 fully saturated rings. The standard InChI is InChI=1S/C8H11NS/c1-6-4-8(9)3-2-7(6)5-10/h2-4,10H,5,9H2,1H3. The van der Waals surface area contributed by atoms with Crippen LogP contribution in [0, 0.1) is 6.92 Å². The Labute approximate surface area is 66.7 Å². The van der Waals surface area contributed by atoms with Gasteiger partial charge in [0.25, 0.3) is 0 Å². The Bertz CT molecular complexity index is 233. The Balaban J connectivity index is 3.07. The zero-order valence-electron chi connectivity index (χ0n) is 5.96. The van der Waals surface area contributed by atoms with Crippen molar-refractivity contribution in [2.24, 2.45) is 0 Å². The van der Waals surface area contributed by atoms with Gasteiger partial charge < -0.3 is 5.73 Å². The Morgan fingerprint density at radius 3 is 2.70 bits per heavy atom. The van der Waals surface area contributed by atoms with E-state index in [1.165, 1.54) is 11.1 Å². The monoisotopic (exact) mass is 153 g/mol. The lowest BCUT2D eigenvalue weighted by Crippen LogP contribution is -1.88. The van der Waals surface area contributed by atoms with Gasteiger partial charge in [-0.25, -0.2) is 0 Å². The molecule has 10 heavy (non-hydrogen) atoms. The van der Waals surface area contributed by atoms with Gasteiger partial charge in [0, 0.05) is 11.4 Å². The summed E-state index contributed by atoms with van der Waals surface area (Å²) in [4.78, 5) is 0. The molecule has 0 radical (unpaired) electrons. The van der Waals surface area contributed by atoms with E-state index in [1.54, 1.807) is 0 Å². The van der Waals surface area contributed by atoms with Gasteiger partial charge in [-0.2, -0.15) is 12.6 Å². The third kappa shape index (κ3) is 1.45. The first-order valence-corrected chi connectivity index (χ1v) is 3.83. The maximum Gasteiger partial charge on any atom is 0.0316 e. The molecule has 1 rings (SSSR count). The molecule has 1 aromatic rings. The zero-order chi connectivity index (χ0) is 7.56. The van der Waals surface area contributed by atoms with Gasteiger partial charge in [0.1, 0.15) is 0 Å². The van der Waals surface area contributed by atoms with Crippen LogP contribution in [0.2, 0.25) is 0 Å². The van der Waals surface area contributed by atoms with Gasteiger partial charge >= 0.3 is 0 Å². The summed E-state index contributed by atoms with van der Waals surface area (Å²) < 4.78 is 0. The second-order valence-corrected chi connectivity index (χ2v) is 2.66. The number of aryl methyl sites for hydroxylation is 1. The van der Waals surface area contributed by atoms with Crippen LogP contribution in [0.25, 0.3) is 0 Å². The molecular formula is C8H11NS. The van der Waals surface area contributed by atoms with Gasteiger partial charge in [-0.3, -0.25) is 0 Å². The molecule has 0 spiro atoms. The third-order valence-electron chi connectivity index (χ3n) is 1.54. The zero-order valence-corrected chi connectivity index (χ0v) is 6.86. The van der Waals surface area contributed by atoms with Crippen LogP contribution in [0.5, 0.6) is 0 Å². The van der Waals surface area contributed by atoms with Crippen LogP contribution < -0.4 is 5.73 Å². The molecule has 0 aliphatic rings. The summed E-state index contributed by atoms with van der Waals surface area (Å²) in [6, 6.07) is 5.88. The lowest BCUT2D eigenvalue weighted by molar-refractivity contribution is 1.32. The van der Waals surface area contributed by atoms with E-state index in [0.717, 1.165) is 11.4 Å². The molecule has 1 aromatic carbocycles. The molecule has 0 aliphatic heterocycles. The molecule has 0 bridgehead atoms. The molecule has 0 heterocycles. The van der Waals surface area contributed by atoms with E-state index >= 15 is 0 Å². The summed E-state index contributed by atoms with van der Waals surface area (Å²) in [5.41, 5.74) is 8.84. The number of thiol groups is 1. The fourth-order valence-corrected chi connectivity index (χ4v) is 1.25. The molecule has 0 aliphatic carbocycles. The van der Waals surface area contributed by atoms with Gasteiger partial charge in [-0.15, -0.1) is 0 Å². The summed E-state index contributed by atoms with van der Waals surface area (Å²) in [5, 5.41) is 0. The highest BCUT2D eigenvalue weighted by atomic mass is 32.1. The molecule has 0 saturated carbocycles. The molecule has 0 amide bonds. The van der Waals surface area contributed by atoms with E-state index in [2.05, 4.69) is 12.6 Å². The second kappa shape index (κ2) is 2.97. The fourth-order valence-electron chi connectivity index (χ4n) is 0.896. The van der Waals surface area contributed by atoms with Crippen molar-refractivity contribution in [3.05, 3.63) is 29.3 Å². The maximum atomic E-state index is 5.56. The van der Waals surface area contributed by atoms with Crippen molar-refractivity contribution in [2.45, 2.75) is 12.7 Å². The van der Waals surface area contributed by atoms with Crippen LogP contribution in [0.15, 0.2) is 18.2 Å². The number of nitrogen functional groups attached to an aromatic ring is 1. The third-order valence-corrected chi connectivity index (χ3v) is 1.88. The number of hydrogen-bond acceptors (Lipinski definition) is 2. The summed E-state index contributed by atoms with van der Waals surface area (Å²) in [6.45, 7) is 2.04. The minimum absolute atomic E-state index is 0.784. The minimum atomic E-state index is 0.784. The number of hydrogen-bond donors (Lipinski definition) is 2. The highest BCUT2D eigenvalue weighted by Gasteiger charge is 1.94. The Kier molecular flexibility index (Phi) is 2.22. The van der Waals surface area contributed by atoms with Crippen molar-refractivity contribution in [3.63, 3.8) is 0 Å². The number of nitrogens with two attached hydrogens (primary N) is 1. The van der Waals surface area contributed by atoms with E-state index in [1.807, 2.05) is 25.1 Å². The largest absolute Gasteiger partial charge is 0.399 e. The number of benzene rings is 1. The SMILES string of the molecule is Cc1cc(N)ccc1CS. The first-order valence-electron chi connectivity index (χ1n) is 3.20. The second-order valence-electron chi connectivity index (χ2n) is 2.34. The van der Waals surface area contributed by atoms with E-state index in [4.69, 9.17) is 5.73 Å². The molecule has 0 atom stereocenters.